The number of halogens is 1. The molecule has 218 valence electrons. The van der Waals surface area contributed by atoms with Gasteiger partial charge in [-0.3, -0.25) is 13.9 Å². The van der Waals surface area contributed by atoms with Crippen LogP contribution in [0.15, 0.2) is 36.7 Å². The van der Waals surface area contributed by atoms with Crippen LogP contribution in [0.5, 0.6) is 5.75 Å². The van der Waals surface area contributed by atoms with Gasteiger partial charge in [0.15, 0.2) is 28.9 Å². The van der Waals surface area contributed by atoms with Gasteiger partial charge in [0.1, 0.15) is 29.8 Å². The third kappa shape index (κ3) is 6.26. The van der Waals surface area contributed by atoms with Crippen molar-refractivity contribution in [1.29, 1.82) is 0 Å². The van der Waals surface area contributed by atoms with Gasteiger partial charge in [0.05, 0.1) is 19.0 Å². The smallest absolute Gasteiger partial charge is 0.459 e. The minimum Gasteiger partial charge on any atom is -0.462 e. The topological polar surface area (TPSA) is 159 Å². The van der Waals surface area contributed by atoms with Crippen LogP contribution in [0.2, 0.25) is 0 Å². The molecule has 15 heteroatoms. The molecule has 4 rings (SSSR count). The fourth-order valence-corrected chi connectivity index (χ4v) is 5.73. The van der Waals surface area contributed by atoms with Crippen LogP contribution >= 0.6 is 7.75 Å². The van der Waals surface area contributed by atoms with Gasteiger partial charge in [-0.25, -0.2) is 23.9 Å². The van der Waals surface area contributed by atoms with Crippen molar-refractivity contribution in [1.82, 2.24) is 24.6 Å². The lowest BCUT2D eigenvalue weighted by Gasteiger charge is -2.25. The van der Waals surface area contributed by atoms with Gasteiger partial charge >= 0.3 is 13.7 Å². The molecule has 1 saturated heterocycles. The van der Waals surface area contributed by atoms with E-state index in [4.69, 9.17) is 18.5 Å². The number of ether oxygens (including phenoxy) is 2. The number of aromatic nitrogens is 4. The molecule has 0 radical (unpaired) electrons. The van der Waals surface area contributed by atoms with E-state index in [-0.39, 0.29) is 5.75 Å². The van der Waals surface area contributed by atoms with E-state index < -0.39 is 56.6 Å². The number of benzene rings is 1. The molecule has 1 aromatic carbocycles. The monoisotopic (exact) mass is 580 g/mol. The van der Waals surface area contributed by atoms with Crippen molar-refractivity contribution >= 4 is 30.7 Å². The molecule has 3 N–H and O–H groups in total. The molecule has 1 aliphatic rings. The molecule has 3 heterocycles. The summed E-state index contributed by atoms with van der Waals surface area (Å²) in [7, 11) is -2.59. The Morgan fingerprint density at radius 2 is 1.98 bits per heavy atom. The molecule has 40 heavy (non-hydrogen) atoms. The highest BCUT2D eigenvalue weighted by Gasteiger charge is 2.56. The van der Waals surface area contributed by atoms with Crippen molar-refractivity contribution < 1.29 is 37.4 Å². The number of aryl methyl sites for hydroxylation is 1. The molecule has 0 amide bonds. The summed E-state index contributed by atoms with van der Waals surface area (Å²) in [5.74, 6) is 0.404. The highest BCUT2D eigenvalue weighted by atomic mass is 31.2. The Kier molecular flexibility index (Phi) is 8.76. The number of imidazole rings is 1. The Bertz CT molecular complexity index is 1390. The maximum atomic E-state index is 16.0. The zero-order valence-electron chi connectivity index (χ0n) is 23.1. The van der Waals surface area contributed by atoms with E-state index in [2.05, 4.69) is 25.4 Å². The fourth-order valence-electron chi connectivity index (χ4n) is 4.23. The summed E-state index contributed by atoms with van der Waals surface area (Å²) in [6, 6.07) is 7.10. The molecule has 3 aromatic rings. The summed E-state index contributed by atoms with van der Waals surface area (Å²) >= 11 is 0. The quantitative estimate of drug-likeness (QED) is 0.225. The van der Waals surface area contributed by atoms with Crippen LogP contribution < -0.4 is 14.9 Å². The molecular formula is C25H34FN6O7P. The first-order valence-electron chi connectivity index (χ1n) is 12.7. The van der Waals surface area contributed by atoms with Gasteiger partial charge in [0.2, 0.25) is 0 Å². The summed E-state index contributed by atoms with van der Waals surface area (Å²) in [5, 5.41) is 16.4. The van der Waals surface area contributed by atoms with Crippen molar-refractivity contribution in [3.05, 3.63) is 42.5 Å². The molecule has 0 spiro atoms. The van der Waals surface area contributed by atoms with Gasteiger partial charge in [-0.05, 0) is 46.8 Å². The lowest BCUT2D eigenvalue weighted by atomic mass is 9.98. The van der Waals surface area contributed by atoms with Crippen LogP contribution in [0.3, 0.4) is 0 Å². The van der Waals surface area contributed by atoms with Crippen LogP contribution in [0.4, 0.5) is 10.2 Å². The number of para-hydroxylation sites is 1. The van der Waals surface area contributed by atoms with E-state index >= 15 is 4.39 Å². The molecule has 0 saturated carbocycles. The van der Waals surface area contributed by atoms with Crippen molar-refractivity contribution in [3.8, 4) is 5.75 Å². The summed E-state index contributed by atoms with van der Waals surface area (Å²) in [6.07, 6.45) is -3.34. The Morgan fingerprint density at radius 3 is 2.62 bits per heavy atom. The van der Waals surface area contributed by atoms with E-state index in [1.807, 2.05) is 0 Å². The summed E-state index contributed by atoms with van der Waals surface area (Å²) < 4.78 is 53.4. The first-order chi connectivity index (χ1) is 18.8. The average molecular weight is 581 g/mol. The maximum absolute atomic E-state index is 16.0. The number of fused-ring (bicyclic) bond motifs is 1. The van der Waals surface area contributed by atoms with Crippen LogP contribution in [-0.2, 0) is 23.4 Å². The number of rotatable bonds is 11. The summed E-state index contributed by atoms with van der Waals surface area (Å²) in [5.41, 5.74) is -1.61. The largest absolute Gasteiger partial charge is 0.462 e. The molecule has 0 bridgehead atoms. The molecular weight excluding hydrogens is 546 g/mol. The van der Waals surface area contributed by atoms with Gasteiger partial charge in [0, 0.05) is 7.05 Å². The third-order valence-corrected chi connectivity index (χ3v) is 7.82. The third-order valence-electron chi connectivity index (χ3n) is 6.17. The highest BCUT2D eigenvalue weighted by molar-refractivity contribution is 7.52. The fraction of sp³-hybridized carbons (Fsp3) is 0.520. The summed E-state index contributed by atoms with van der Waals surface area (Å²) in [4.78, 5) is 25.3. The minimum atomic E-state index is -4.26. The SMILES string of the molecule is CNc1nc(C)nc2c1ncn2[C@@H]1O[C@H](CO[P@@](=O)(N[C@@H](C)C(=O)OC(C)C)Oc2ccccc2)[C@@H](O)[C@@]1(C)F. The average Bonchev–Trinajstić information content (AvgIpc) is 3.40. The lowest BCUT2D eigenvalue weighted by molar-refractivity contribution is -0.149. The minimum absolute atomic E-state index is 0.198. The molecule has 2 aromatic heterocycles. The van der Waals surface area contributed by atoms with Gasteiger partial charge < -0.3 is 24.4 Å². The number of nitrogens with zero attached hydrogens (tertiary/aromatic N) is 4. The Morgan fingerprint density at radius 1 is 1.27 bits per heavy atom. The second-order valence-electron chi connectivity index (χ2n) is 9.85. The number of anilines is 1. The van der Waals surface area contributed by atoms with Crippen molar-refractivity contribution in [2.45, 2.75) is 70.9 Å². The number of esters is 1. The van der Waals surface area contributed by atoms with Crippen molar-refractivity contribution in [3.63, 3.8) is 0 Å². The number of carbonyl (C=O) groups is 1. The zero-order valence-corrected chi connectivity index (χ0v) is 24.0. The second kappa shape index (κ2) is 11.8. The molecule has 0 aliphatic carbocycles. The number of hydrogen-bond acceptors (Lipinski definition) is 11. The number of aliphatic hydroxyl groups is 1. The predicted octanol–water partition coefficient (Wildman–Crippen LogP) is 3.30. The van der Waals surface area contributed by atoms with Crippen LogP contribution in [0.25, 0.3) is 11.2 Å². The summed E-state index contributed by atoms with van der Waals surface area (Å²) in [6.45, 7) is 7.13. The zero-order chi connectivity index (χ0) is 29.2. The number of hydrogen-bond donors (Lipinski definition) is 3. The standard InChI is InChI=1S/C25H34FN6O7P/c1-14(2)37-23(34)15(3)31-40(35,39-17-10-8-7-9-11-17)36-12-18-20(33)25(5,26)24(38-18)32-13-28-19-21(27-6)29-16(4)30-22(19)32/h7-11,13-15,18,20,24,33H,12H2,1-6H3,(H,31,35)(H,27,29,30)/t15-,18+,20+,24+,25+,40-/m0/s1. The van der Waals surface area contributed by atoms with Crippen LogP contribution in [0, 0.1) is 6.92 Å². The first-order valence-corrected chi connectivity index (χ1v) is 14.3. The van der Waals surface area contributed by atoms with E-state index in [1.54, 1.807) is 58.2 Å². The normalized spacial score (nSPS) is 25.1. The predicted molar refractivity (Wildman–Crippen MR) is 143 cm³/mol. The molecule has 1 fully saturated rings. The second-order valence-corrected chi connectivity index (χ2v) is 11.5. The Hall–Kier alpha value is -3.16. The van der Waals surface area contributed by atoms with E-state index in [9.17, 15) is 14.5 Å². The highest BCUT2D eigenvalue weighted by Crippen LogP contribution is 2.48. The molecule has 6 atom stereocenters. The van der Waals surface area contributed by atoms with Crippen molar-refractivity contribution in [2.24, 2.45) is 0 Å². The molecule has 13 nitrogen and oxygen atoms in total. The number of aliphatic hydroxyl groups excluding tert-OH is 1. The Labute approximate surface area is 231 Å². The molecule has 0 unspecified atom stereocenters. The van der Waals surface area contributed by atoms with Crippen molar-refractivity contribution in [2.75, 3.05) is 19.0 Å². The number of carbonyl (C=O) groups excluding carboxylic acids is 1. The Balaban J connectivity index is 1.56. The van der Waals surface area contributed by atoms with E-state index in [0.717, 1.165) is 0 Å². The van der Waals surface area contributed by atoms with Gasteiger partial charge in [0.25, 0.3) is 0 Å². The first kappa shape index (κ1) is 29.8. The van der Waals surface area contributed by atoms with E-state index in [1.165, 1.54) is 24.7 Å². The maximum Gasteiger partial charge on any atom is 0.459 e. The van der Waals surface area contributed by atoms with Crippen LogP contribution in [-0.4, -0.2) is 74.3 Å². The van der Waals surface area contributed by atoms with Gasteiger partial charge in [-0.1, -0.05) is 18.2 Å². The van der Waals surface area contributed by atoms with Crippen LogP contribution in [0.1, 0.15) is 39.7 Å². The number of alkyl halides is 1. The van der Waals surface area contributed by atoms with Gasteiger partial charge in [-0.2, -0.15) is 5.09 Å². The number of nitrogens with one attached hydrogen (secondary N) is 2. The lowest BCUT2D eigenvalue weighted by Crippen LogP contribution is -2.41. The van der Waals surface area contributed by atoms with Gasteiger partial charge in [-0.15, -0.1) is 0 Å². The van der Waals surface area contributed by atoms with E-state index in [0.29, 0.717) is 22.8 Å². The molecule has 1 aliphatic heterocycles.